The van der Waals surface area contributed by atoms with E-state index in [1.807, 2.05) is 0 Å². The summed E-state index contributed by atoms with van der Waals surface area (Å²) < 4.78 is 51.2. The van der Waals surface area contributed by atoms with Crippen LogP contribution in [0.5, 0.6) is 0 Å². The molecule has 9 heteroatoms. The number of carbonyl (C=O) groups excluding carboxylic acids is 1. The average molecular weight is 374 g/mol. The van der Waals surface area contributed by atoms with Crippen molar-refractivity contribution in [2.45, 2.75) is 25.1 Å². The number of carbonyl (C=O) groups is 1. The summed E-state index contributed by atoms with van der Waals surface area (Å²) >= 11 is 1.16. The average Bonchev–Trinajstić information content (AvgIpc) is 2.91. The normalized spacial score (nSPS) is 27.0. The molecule has 1 aromatic rings. The van der Waals surface area contributed by atoms with Gasteiger partial charge in [-0.25, -0.2) is 17.2 Å². The van der Waals surface area contributed by atoms with Crippen molar-refractivity contribution in [3.05, 3.63) is 29.8 Å². The molecule has 0 aliphatic carbocycles. The number of halogens is 2. The van der Waals surface area contributed by atoms with E-state index in [1.54, 1.807) is 13.8 Å². The van der Waals surface area contributed by atoms with Gasteiger partial charge in [0.25, 0.3) is 5.91 Å². The van der Waals surface area contributed by atoms with Gasteiger partial charge in [0.1, 0.15) is 11.6 Å². The van der Waals surface area contributed by atoms with Crippen LogP contribution in [0.3, 0.4) is 0 Å². The van der Waals surface area contributed by atoms with E-state index in [2.05, 4.69) is 4.99 Å². The Morgan fingerprint density at radius 1 is 1.33 bits per heavy atom. The minimum atomic E-state index is -3.23. The van der Waals surface area contributed by atoms with Crippen molar-refractivity contribution < 1.29 is 22.0 Å². The standard InChI is InChI=1S/C15H16F2N2O3S2/c1-8(2)14(20)18-15-19(11-4-3-9(16)5-10(11)17)12-6-24(21,22)7-13(12)23-15/h3-5,8,12-13H,6-7H2,1-2H3/t12-,13-/m1/s1. The van der Waals surface area contributed by atoms with Gasteiger partial charge in [0.15, 0.2) is 15.0 Å². The van der Waals surface area contributed by atoms with Gasteiger partial charge in [-0.1, -0.05) is 25.6 Å². The molecule has 2 saturated heterocycles. The number of rotatable bonds is 2. The van der Waals surface area contributed by atoms with Gasteiger partial charge >= 0.3 is 0 Å². The molecule has 2 aliphatic heterocycles. The number of nitrogens with zero attached hydrogens (tertiary/aromatic N) is 2. The SMILES string of the molecule is CC(C)C(=O)N=C1S[C@@H]2CS(=O)(=O)C[C@H]2N1c1ccc(F)cc1F. The summed E-state index contributed by atoms with van der Waals surface area (Å²) in [6, 6.07) is 2.56. The van der Waals surface area contributed by atoms with Crippen LogP contribution in [-0.4, -0.2) is 42.3 Å². The number of aliphatic imine (C=N–C) groups is 1. The number of fused-ring (bicyclic) bond motifs is 1. The molecule has 0 aromatic heterocycles. The Bertz CT molecular complexity index is 824. The van der Waals surface area contributed by atoms with E-state index >= 15 is 0 Å². The van der Waals surface area contributed by atoms with Crippen molar-refractivity contribution in [1.82, 2.24) is 0 Å². The second-order valence-electron chi connectivity index (χ2n) is 6.15. The lowest BCUT2D eigenvalue weighted by atomic mass is 10.2. The maximum atomic E-state index is 14.2. The van der Waals surface area contributed by atoms with Gasteiger partial charge in [-0.05, 0) is 12.1 Å². The summed E-state index contributed by atoms with van der Waals surface area (Å²) in [6.07, 6.45) is 0. The van der Waals surface area contributed by atoms with Crippen LogP contribution in [-0.2, 0) is 14.6 Å². The van der Waals surface area contributed by atoms with E-state index in [-0.39, 0.29) is 39.4 Å². The number of amides is 1. The molecule has 2 aliphatic rings. The summed E-state index contributed by atoms with van der Waals surface area (Å²) in [5.74, 6) is -2.43. The third-order valence-corrected chi connectivity index (χ3v) is 7.15. The Hall–Kier alpha value is -1.48. The lowest BCUT2D eigenvalue weighted by molar-refractivity contribution is -0.120. The minimum Gasteiger partial charge on any atom is -0.313 e. The predicted molar refractivity (Wildman–Crippen MR) is 89.9 cm³/mol. The first-order chi connectivity index (χ1) is 11.2. The van der Waals surface area contributed by atoms with Crippen molar-refractivity contribution in [1.29, 1.82) is 0 Å². The van der Waals surface area contributed by atoms with Crippen molar-refractivity contribution in [2.24, 2.45) is 10.9 Å². The molecule has 0 saturated carbocycles. The Morgan fingerprint density at radius 3 is 2.67 bits per heavy atom. The van der Waals surface area contributed by atoms with Crippen LogP contribution in [0.4, 0.5) is 14.5 Å². The molecule has 2 heterocycles. The van der Waals surface area contributed by atoms with Crippen molar-refractivity contribution in [3.8, 4) is 0 Å². The highest BCUT2D eigenvalue weighted by molar-refractivity contribution is 8.16. The Balaban J connectivity index is 2.06. The van der Waals surface area contributed by atoms with Crippen molar-refractivity contribution >= 4 is 38.4 Å². The largest absolute Gasteiger partial charge is 0.313 e. The lowest BCUT2D eigenvalue weighted by Crippen LogP contribution is -2.38. The van der Waals surface area contributed by atoms with Crippen LogP contribution >= 0.6 is 11.8 Å². The topological polar surface area (TPSA) is 66.8 Å². The van der Waals surface area contributed by atoms with Crippen molar-refractivity contribution in [3.63, 3.8) is 0 Å². The zero-order valence-corrected chi connectivity index (χ0v) is 14.7. The molecular weight excluding hydrogens is 358 g/mol. The van der Waals surface area contributed by atoms with E-state index in [1.165, 1.54) is 11.0 Å². The van der Waals surface area contributed by atoms with E-state index in [4.69, 9.17) is 0 Å². The molecule has 5 nitrogen and oxygen atoms in total. The van der Waals surface area contributed by atoms with Gasteiger partial charge in [-0.3, -0.25) is 4.79 Å². The molecule has 130 valence electrons. The molecule has 0 radical (unpaired) electrons. The van der Waals surface area contributed by atoms with Crippen LogP contribution < -0.4 is 4.90 Å². The molecule has 0 spiro atoms. The predicted octanol–water partition coefficient (Wildman–Crippen LogP) is 2.22. The van der Waals surface area contributed by atoms with E-state index in [0.717, 1.165) is 23.9 Å². The molecular formula is C15H16F2N2O3S2. The maximum Gasteiger partial charge on any atom is 0.250 e. The summed E-state index contributed by atoms with van der Waals surface area (Å²) in [5.41, 5.74) is 0.0313. The van der Waals surface area contributed by atoms with Crippen LogP contribution in [0.25, 0.3) is 0 Å². The van der Waals surface area contributed by atoms with Crippen LogP contribution in [0.1, 0.15) is 13.8 Å². The molecule has 2 atom stereocenters. The first-order valence-electron chi connectivity index (χ1n) is 7.42. The van der Waals surface area contributed by atoms with Crippen LogP contribution in [0.2, 0.25) is 0 Å². The smallest absolute Gasteiger partial charge is 0.250 e. The number of thioether (sulfide) groups is 1. The maximum absolute atomic E-state index is 14.2. The monoisotopic (exact) mass is 374 g/mol. The van der Waals surface area contributed by atoms with E-state index in [0.29, 0.717) is 0 Å². The highest BCUT2D eigenvalue weighted by atomic mass is 32.2. The van der Waals surface area contributed by atoms with E-state index in [9.17, 15) is 22.0 Å². The number of hydrogen-bond acceptors (Lipinski definition) is 4. The van der Waals surface area contributed by atoms with Gasteiger partial charge in [0.2, 0.25) is 0 Å². The number of sulfone groups is 1. The third kappa shape index (κ3) is 3.19. The molecule has 0 bridgehead atoms. The molecule has 24 heavy (non-hydrogen) atoms. The van der Waals surface area contributed by atoms with Crippen LogP contribution in [0.15, 0.2) is 23.2 Å². The second kappa shape index (κ2) is 6.11. The Kier molecular flexibility index (Phi) is 4.41. The number of benzene rings is 1. The molecule has 0 N–H and O–H groups in total. The fourth-order valence-electron chi connectivity index (χ4n) is 2.75. The third-order valence-electron chi connectivity index (χ3n) is 3.94. The van der Waals surface area contributed by atoms with Gasteiger partial charge in [0, 0.05) is 17.2 Å². The number of hydrogen-bond donors (Lipinski definition) is 0. The minimum absolute atomic E-state index is 0.0313. The first-order valence-corrected chi connectivity index (χ1v) is 10.1. The van der Waals surface area contributed by atoms with Gasteiger partial charge in [0.05, 0.1) is 23.2 Å². The molecule has 2 fully saturated rings. The lowest BCUT2D eigenvalue weighted by Gasteiger charge is -2.25. The molecule has 3 rings (SSSR count). The summed E-state index contributed by atoms with van der Waals surface area (Å²) in [4.78, 5) is 17.4. The van der Waals surface area contributed by atoms with Crippen molar-refractivity contribution in [2.75, 3.05) is 16.4 Å². The zero-order valence-electron chi connectivity index (χ0n) is 13.1. The fraction of sp³-hybridized carbons (Fsp3) is 0.467. The highest BCUT2D eigenvalue weighted by Crippen LogP contribution is 2.41. The molecule has 0 unspecified atom stereocenters. The summed E-state index contributed by atoms with van der Waals surface area (Å²) in [6.45, 7) is 3.39. The number of amidine groups is 1. The quantitative estimate of drug-likeness (QED) is 0.794. The second-order valence-corrected chi connectivity index (χ2v) is 9.51. The van der Waals surface area contributed by atoms with Gasteiger partial charge < -0.3 is 4.90 Å². The Labute approximate surface area is 143 Å². The highest BCUT2D eigenvalue weighted by Gasteiger charge is 2.50. The Morgan fingerprint density at radius 2 is 2.04 bits per heavy atom. The molecule has 1 amide bonds. The van der Waals surface area contributed by atoms with Crippen LogP contribution in [0, 0.1) is 17.6 Å². The molecule has 1 aromatic carbocycles. The zero-order chi connectivity index (χ0) is 17.6. The van der Waals surface area contributed by atoms with Gasteiger partial charge in [-0.15, -0.1) is 0 Å². The van der Waals surface area contributed by atoms with Gasteiger partial charge in [-0.2, -0.15) is 4.99 Å². The number of anilines is 1. The summed E-state index contributed by atoms with van der Waals surface area (Å²) in [7, 11) is -3.23. The fourth-order valence-corrected chi connectivity index (χ4v) is 6.66. The summed E-state index contributed by atoms with van der Waals surface area (Å²) in [5, 5.41) is -0.0535. The van der Waals surface area contributed by atoms with E-state index < -0.39 is 27.5 Å². The first kappa shape index (κ1) is 17.3.